The van der Waals surface area contributed by atoms with Crippen LogP contribution < -0.4 is 10.6 Å². The summed E-state index contributed by atoms with van der Waals surface area (Å²) in [5.41, 5.74) is 0. The SMILES string of the molecule is CCN1CCN(C(C)CNC(=NC)NCc2cccs2)CC1.I. The highest BCUT2D eigenvalue weighted by Gasteiger charge is 2.20. The van der Waals surface area contributed by atoms with Gasteiger partial charge in [0, 0.05) is 50.7 Å². The lowest BCUT2D eigenvalue weighted by atomic mass is 10.2. The number of guanidine groups is 1. The molecule has 1 aliphatic heterocycles. The topological polar surface area (TPSA) is 42.9 Å². The first-order chi connectivity index (χ1) is 10.7. The summed E-state index contributed by atoms with van der Waals surface area (Å²) in [4.78, 5) is 10.7. The molecule has 1 saturated heterocycles. The number of nitrogens with zero attached hydrogens (tertiary/aromatic N) is 3. The van der Waals surface area contributed by atoms with Crippen molar-refractivity contribution < 1.29 is 0 Å². The van der Waals surface area contributed by atoms with E-state index in [0.717, 1.165) is 32.1 Å². The molecule has 1 unspecified atom stereocenters. The van der Waals surface area contributed by atoms with E-state index in [9.17, 15) is 0 Å². The minimum Gasteiger partial charge on any atom is -0.355 e. The van der Waals surface area contributed by atoms with Crippen molar-refractivity contribution in [3.05, 3.63) is 22.4 Å². The highest BCUT2D eigenvalue weighted by atomic mass is 127. The van der Waals surface area contributed by atoms with Crippen LogP contribution in [0.3, 0.4) is 0 Å². The second kappa shape index (κ2) is 11.2. The second-order valence-electron chi connectivity index (χ2n) is 5.71. The zero-order chi connectivity index (χ0) is 15.8. The number of thiophene rings is 1. The van der Waals surface area contributed by atoms with E-state index in [2.05, 4.69) is 56.8 Å². The molecular weight excluding hydrogens is 421 g/mol. The van der Waals surface area contributed by atoms with E-state index in [4.69, 9.17) is 0 Å². The van der Waals surface area contributed by atoms with Gasteiger partial charge in [0.15, 0.2) is 5.96 Å². The van der Waals surface area contributed by atoms with Gasteiger partial charge in [-0.3, -0.25) is 9.89 Å². The second-order valence-corrected chi connectivity index (χ2v) is 6.74. The van der Waals surface area contributed by atoms with Crippen LogP contribution in [0.4, 0.5) is 0 Å². The quantitative estimate of drug-likeness (QED) is 0.395. The van der Waals surface area contributed by atoms with E-state index in [1.807, 2.05) is 7.05 Å². The van der Waals surface area contributed by atoms with E-state index >= 15 is 0 Å². The van der Waals surface area contributed by atoms with Gasteiger partial charge in [0.2, 0.25) is 0 Å². The fourth-order valence-electron chi connectivity index (χ4n) is 2.70. The van der Waals surface area contributed by atoms with E-state index in [0.29, 0.717) is 6.04 Å². The van der Waals surface area contributed by atoms with Crippen LogP contribution in [0.2, 0.25) is 0 Å². The van der Waals surface area contributed by atoms with Crippen molar-refractivity contribution >= 4 is 41.3 Å². The molecule has 1 aromatic heterocycles. The van der Waals surface area contributed by atoms with Crippen molar-refractivity contribution in [1.82, 2.24) is 20.4 Å². The number of likely N-dealkylation sites (N-methyl/N-ethyl adjacent to an activating group) is 1. The van der Waals surface area contributed by atoms with Crippen molar-refractivity contribution in [2.45, 2.75) is 26.4 Å². The molecule has 2 rings (SSSR count). The number of aliphatic imine (C=N–C) groups is 1. The van der Waals surface area contributed by atoms with Crippen molar-refractivity contribution in [2.75, 3.05) is 46.3 Å². The molecule has 0 spiro atoms. The summed E-state index contributed by atoms with van der Waals surface area (Å²) in [5.74, 6) is 0.882. The van der Waals surface area contributed by atoms with Crippen LogP contribution in [-0.4, -0.2) is 68.1 Å². The van der Waals surface area contributed by atoms with Gasteiger partial charge in [-0.1, -0.05) is 13.0 Å². The van der Waals surface area contributed by atoms with E-state index in [-0.39, 0.29) is 24.0 Å². The van der Waals surface area contributed by atoms with Crippen molar-refractivity contribution in [2.24, 2.45) is 4.99 Å². The van der Waals surface area contributed by atoms with Gasteiger partial charge in [-0.25, -0.2) is 0 Å². The maximum absolute atomic E-state index is 4.30. The third-order valence-electron chi connectivity index (χ3n) is 4.28. The van der Waals surface area contributed by atoms with Crippen LogP contribution in [0.25, 0.3) is 0 Å². The van der Waals surface area contributed by atoms with E-state index in [1.54, 1.807) is 11.3 Å². The normalized spacial score (nSPS) is 18.3. The smallest absolute Gasteiger partial charge is 0.191 e. The summed E-state index contributed by atoms with van der Waals surface area (Å²) < 4.78 is 0. The van der Waals surface area contributed by atoms with Crippen LogP contribution in [0.1, 0.15) is 18.7 Å². The van der Waals surface area contributed by atoms with Gasteiger partial charge < -0.3 is 15.5 Å². The maximum atomic E-state index is 4.30. The van der Waals surface area contributed by atoms with Crippen LogP contribution in [0.5, 0.6) is 0 Å². The predicted octanol–water partition coefficient (Wildman–Crippen LogP) is 2.06. The number of nitrogens with one attached hydrogen (secondary N) is 2. The lowest BCUT2D eigenvalue weighted by Crippen LogP contribution is -2.53. The average molecular weight is 451 g/mol. The Hall–Kier alpha value is -0.380. The molecule has 0 radical (unpaired) electrons. The average Bonchev–Trinajstić information content (AvgIpc) is 3.08. The third kappa shape index (κ3) is 6.94. The number of piperazine rings is 1. The molecule has 0 saturated carbocycles. The number of halogens is 1. The Kier molecular flexibility index (Phi) is 10.1. The Morgan fingerprint density at radius 3 is 2.61 bits per heavy atom. The Labute approximate surface area is 161 Å². The summed E-state index contributed by atoms with van der Waals surface area (Å²) in [6, 6.07) is 4.75. The van der Waals surface area contributed by atoms with Crippen molar-refractivity contribution in [1.29, 1.82) is 0 Å². The Balaban J connectivity index is 0.00000264. The molecule has 0 aliphatic carbocycles. The summed E-state index contributed by atoms with van der Waals surface area (Å²) >= 11 is 1.77. The number of hydrogen-bond donors (Lipinski definition) is 2. The predicted molar refractivity (Wildman–Crippen MR) is 111 cm³/mol. The standard InChI is InChI=1S/C16H29N5S.HI/c1-4-20-7-9-21(10-8-20)14(2)12-18-16(17-3)19-13-15-6-5-11-22-15;/h5-6,11,14H,4,7-10,12-13H2,1-3H3,(H2,17,18,19);1H. The monoisotopic (exact) mass is 451 g/mol. The molecule has 132 valence electrons. The molecular formula is C16H30IN5S. The molecule has 1 fully saturated rings. The molecule has 1 atom stereocenters. The Bertz CT molecular complexity index is 443. The summed E-state index contributed by atoms with van der Waals surface area (Å²) in [5, 5.41) is 8.91. The van der Waals surface area contributed by atoms with Gasteiger partial charge in [0.1, 0.15) is 0 Å². The molecule has 0 aromatic carbocycles. The molecule has 0 amide bonds. The Morgan fingerprint density at radius 2 is 2.04 bits per heavy atom. The maximum Gasteiger partial charge on any atom is 0.191 e. The summed E-state index contributed by atoms with van der Waals surface area (Å²) in [6.07, 6.45) is 0. The van der Waals surface area contributed by atoms with Gasteiger partial charge in [-0.15, -0.1) is 35.3 Å². The zero-order valence-corrected chi connectivity index (χ0v) is 17.6. The molecule has 0 bridgehead atoms. The Morgan fingerprint density at radius 1 is 1.30 bits per heavy atom. The van der Waals surface area contributed by atoms with E-state index < -0.39 is 0 Å². The lowest BCUT2D eigenvalue weighted by Gasteiger charge is -2.37. The molecule has 1 aliphatic rings. The molecule has 7 heteroatoms. The van der Waals surface area contributed by atoms with Crippen molar-refractivity contribution in [3.8, 4) is 0 Å². The zero-order valence-electron chi connectivity index (χ0n) is 14.4. The minimum absolute atomic E-state index is 0. The first-order valence-corrected chi connectivity index (χ1v) is 9.04. The first-order valence-electron chi connectivity index (χ1n) is 8.16. The minimum atomic E-state index is 0. The van der Waals surface area contributed by atoms with Gasteiger partial charge in [0.05, 0.1) is 6.54 Å². The summed E-state index contributed by atoms with van der Waals surface area (Å²) in [6.45, 7) is 12.2. The fraction of sp³-hybridized carbons (Fsp3) is 0.688. The van der Waals surface area contributed by atoms with Crippen molar-refractivity contribution in [3.63, 3.8) is 0 Å². The molecule has 1 aromatic rings. The summed E-state index contributed by atoms with van der Waals surface area (Å²) in [7, 11) is 1.83. The first kappa shape index (κ1) is 20.7. The van der Waals surface area contributed by atoms with Crippen LogP contribution in [0, 0.1) is 0 Å². The number of rotatable bonds is 6. The van der Waals surface area contributed by atoms with Gasteiger partial charge in [-0.2, -0.15) is 0 Å². The highest BCUT2D eigenvalue weighted by Crippen LogP contribution is 2.07. The molecule has 2 heterocycles. The van der Waals surface area contributed by atoms with Gasteiger partial charge in [0.25, 0.3) is 0 Å². The molecule has 23 heavy (non-hydrogen) atoms. The largest absolute Gasteiger partial charge is 0.355 e. The molecule has 2 N–H and O–H groups in total. The third-order valence-corrected chi connectivity index (χ3v) is 5.15. The molecule has 5 nitrogen and oxygen atoms in total. The van der Waals surface area contributed by atoms with Gasteiger partial charge >= 0.3 is 0 Å². The van der Waals surface area contributed by atoms with E-state index in [1.165, 1.54) is 24.5 Å². The van der Waals surface area contributed by atoms with Gasteiger partial charge in [-0.05, 0) is 24.9 Å². The fourth-order valence-corrected chi connectivity index (χ4v) is 3.34. The lowest BCUT2D eigenvalue weighted by molar-refractivity contribution is 0.107. The number of hydrogen-bond acceptors (Lipinski definition) is 4. The highest BCUT2D eigenvalue weighted by molar-refractivity contribution is 14.0. The van der Waals surface area contributed by atoms with Crippen LogP contribution in [-0.2, 0) is 6.54 Å². The van der Waals surface area contributed by atoms with Crippen LogP contribution in [0.15, 0.2) is 22.5 Å². The van der Waals surface area contributed by atoms with Crippen LogP contribution >= 0.6 is 35.3 Å².